The Morgan fingerprint density at radius 2 is 2.10 bits per heavy atom. The number of amides is 1. The average Bonchev–Trinajstić information content (AvgIpc) is 3.33. The Balaban J connectivity index is 1.67. The first-order valence-corrected chi connectivity index (χ1v) is 11.7. The van der Waals surface area contributed by atoms with Crippen LogP contribution in [0.3, 0.4) is 0 Å². The van der Waals surface area contributed by atoms with E-state index in [0.717, 1.165) is 51.6 Å². The van der Waals surface area contributed by atoms with Gasteiger partial charge in [0.15, 0.2) is 10.1 Å². The van der Waals surface area contributed by atoms with Crippen LogP contribution in [0, 0.1) is 19.3 Å². The molecule has 1 aliphatic rings. The fraction of sp³-hybridized carbons (Fsp3) is 0.409. The largest absolute Gasteiger partial charge is 0.451 e. The van der Waals surface area contributed by atoms with E-state index in [-0.39, 0.29) is 11.9 Å². The van der Waals surface area contributed by atoms with Crippen LogP contribution < -0.4 is 0 Å². The molecule has 5 nitrogen and oxygen atoms in total. The molecule has 1 fully saturated rings. The van der Waals surface area contributed by atoms with Gasteiger partial charge in [-0.05, 0) is 25.8 Å². The van der Waals surface area contributed by atoms with Crippen molar-refractivity contribution in [2.45, 2.75) is 55.2 Å². The molecule has 1 aliphatic carbocycles. The zero-order valence-electron chi connectivity index (χ0n) is 16.4. The summed E-state index contributed by atoms with van der Waals surface area (Å²) in [4.78, 5) is 15.4. The van der Waals surface area contributed by atoms with Crippen molar-refractivity contribution in [3.63, 3.8) is 0 Å². The van der Waals surface area contributed by atoms with E-state index in [2.05, 4.69) is 16.1 Å². The molecular weight excluding hydrogens is 402 g/mol. The second-order valence-electron chi connectivity index (χ2n) is 7.21. The van der Waals surface area contributed by atoms with Gasteiger partial charge in [-0.3, -0.25) is 4.79 Å². The van der Waals surface area contributed by atoms with Gasteiger partial charge in [0, 0.05) is 22.7 Å². The molecule has 2 aromatic heterocycles. The van der Waals surface area contributed by atoms with E-state index in [9.17, 15) is 4.79 Å². The lowest BCUT2D eigenvalue weighted by Crippen LogP contribution is -2.41. The standard InChI is InChI=1S/C22H23N3O2S2/c1-3-13-25(16-9-5-4-6-10-16)21(26)20-18(14-28-22-24-23-15(2)29-22)17-11-7-8-12-19(17)27-20/h1,7-8,11-12,16H,4-6,9-10,13-14H2,2H3. The Kier molecular flexibility index (Phi) is 6.22. The molecule has 0 saturated heterocycles. The van der Waals surface area contributed by atoms with E-state index in [1.165, 1.54) is 6.42 Å². The van der Waals surface area contributed by atoms with E-state index >= 15 is 0 Å². The summed E-state index contributed by atoms with van der Waals surface area (Å²) in [7, 11) is 0. The first-order valence-electron chi connectivity index (χ1n) is 9.85. The predicted molar refractivity (Wildman–Crippen MR) is 117 cm³/mol. The number of hydrogen-bond donors (Lipinski definition) is 0. The summed E-state index contributed by atoms with van der Waals surface area (Å²) in [5, 5.41) is 10.2. The number of furan rings is 1. The van der Waals surface area contributed by atoms with Crippen LogP contribution in [0.4, 0.5) is 0 Å². The normalized spacial score (nSPS) is 14.8. The molecule has 0 aliphatic heterocycles. The number of aryl methyl sites for hydroxylation is 1. The van der Waals surface area contributed by atoms with Gasteiger partial charge in [0.25, 0.3) is 5.91 Å². The van der Waals surface area contributed by atoms with Gasteiger partial charge in [-0.1, -0.05) is 66.5 Å². The lowest BCUT2D eigenvalue weighted by molar-refractivity contribution is 0.0636. The van der Waals surface area contributed by atoms with Crippen LogP contribution >= 0.6 is 23.1 Å². The van der Waals surface area contributed by atoms with Crippen molar-refractivity contribution in [2.24, 2.45) is 0 Å². The number of fused-ring (bicyclic) bond motifs is 1. The smallest absolute Gasteiger partial charge is 0.290 e. The predicted octanol–water partition coefficient (Wildman–Crippen LogP) is 5.29. The van der Waals surface area contributed by atoms with E-state index in [1.807, 2.05) is 36.1 Å². The zero-order chi connectivity index (χ0) is 20.2. The molecule has 2 heterocycles. The highest BCUT2D eigenvalue weighted by molar-refractivity contribution is 8.00. The lowest BCUT2D eigenvalue weighted by atomic mass is 9.94. The van der Waals surface area contributed by atoms with Crippen LogP contribution in [0.2, 0.25) is 0 Å². The maximum Gasteiger partial charge on any atom is 0.290 e. The van der Waals surface area contributed by atoms with Gasteiger partial charge in [-0.2, -0.15) is 0 Å². The maximum atomic E-state index is 13.5. The van der Waals surface area contributed by atoms with Crippen molar-refractivity contribution in [3.05, 3.63) is 40.6 Å². The molecule has 29 heavy (non-hydrogen) atoms. The summed E-state index contributed by atoms with van der Waals surface area (Å²) in [6, 6.07) is 7.98. The third kappa shape index (κ3) is 4.34. The first kappa shape index (κ1) is 20.0. The molecule has 4 rings (SSSR count). The number of terminal acetylenes is 1. The van der Waals surface area contributed by atoms with Crippen molar-refractivity contribution >= 4 is 40.0 Å². The number of hydrogen-bond acceptors (Lipinski definition) is 6. The Bertz CT molecular complexity index is 1040. The molecule has 0 radical (unpaired) electrons. The molecular formula is C22H23N3O2S2. The Hall–Kier alpha value is -2.30. The minimum Gasteiger partial charge on any atom is -0.451 e. The van der Waals surface area contributed by atoms with Crippen molar-refractivity contribution < 1.29 is 9.21 Å². The van der Waals surface area contributed by atoms with E-state index in [4.69, 9.17) is 10.8 Å². The molecule has 3 aromatic rings. The zero-order valence-corrected chi connectivity index (χ0v) is 18.0. The number of nitrogens with zero attached hydrogens (tertiary/aromatic N) is 3. The van der Waals surface area contributed by atoms with Crippen LogP contribution in [-0.2, 0) is 5.75 Å². The van der Waals surface area contributed by atoms with Gasteiger partial charge in [-0.15, -0.1) is 16.6 Å². The third-order valence-corrected chi connectivity index (χ3v) is 7.28. The van der Waals surface area contributed by atoms with Gasteiger partial charge < -0.3 is 9.32 Å². The molecule has 7 heteroatoms. The summed E-state index contributed by atoms with van der Waals surface area (Å²) in [6.45, 7) is 2.24. The van der Waals surface area contributed by atoms with Crippen LogP contribution in [0.1, 0.15) is 53.2 Å². The first-order chi connectivity index (χ1) is 14.2. The minimum atomic E-state index is -0.102. The van der Waals surface area contributed by atoms with Gasteiger partial charge >= 0.3 is 0 Å². The number of rotatable bonds is 6. The molecule has 150 valence electrons. The minimum absolute atomic E-state index is 0.102. The molecule has 1 aromatic carbocycles. The molecule has 0 atom stereocenters. The van der Waals surface area contributed by atoms with Gasteiger partial charge in [0.2, 0.25) is 0 Å². The number of thioether (sulfide) groups is 1. The Morgan fingerprint density at radius 1 is 1.31 bits per heavy atom. The monoisotopic (exact) mass is 425 g/mol. The van der Waals surface area contributed by atoms with E-state index < -0.39 is 0 Å². The van der Waals surface area contributed by atoms with Crippen molar-refractivity contribution in [1.82, 2.24) is 15.1 Å². The number of carbonyl (C=O) groups excluding carboxylic acids is 1. The summed E-state index contributed by atoms with van der Waals surface area (Å²) in [6.07, 6.45) is 11.1. The summed E-state index contributed by atoms with van der Waals surface area (Å²) >= 11 is 3.13. The molecule has 1 saturated carbocycles. The Morgan fingerprint density at radius 3 is 2.83 bits per heavy atom. The van der Waals surface area contributed by atoms with Gasteiger partial charge in [0.1, 0.15) is 10.6 Å². The van der Waals surface area contributed by atoms with Crippen LogP contribution in [0.5, 0.6) is 0 Å². The molecule has 0 N–H and O–H groups in total. The molecule has 0 bridgehead atoms. The fourth-order valence-corrected chi connectivity index (χ4v) is 5.72. The molecule has 0 spiro atoms. The highest BCUT2D eigenvalue weighted by Crippen LogP contribution is 2.34. The second-order valence-corrected chi connectivity index (χ2v) is 9.61. The second kappa shape index (κ2) is 9.02. The quantitative estimate of drug-likeness (QED) is 0.396. The summed E-state index contributed by atoms with van der Waals surface area (Å²) < 4.78 is 6.95. The highest BCUT2D eigenvalue weighted by atomic mass is 32.2. The number of para-hydroxylation sites is 1. The summed E-state index contributed by atoms with van der Waals surface area (Å²) in [5.41, 5.74) is 1.63. The Labute approximate surface area is 178 Å². The molecule has 1 amide bonds. The van der Waals surface area contributed by atoms with Crippen LogP contribution in [-0.4, -0.2) is 33.6 Å². The molecule has 0 unspecified atom stereocenters. The number of carbonyl (C=O) groups is 1. The SMILES string of the molecule is C#CCN(C(=O)c1oc2ccccc2c1CSc1nnc(C)s1)C1CCCCC1. The number of benzene rings is 1. The maximum absolute atomic E-state index is 13.5. The third-order valence-electron chi connectivity index (χ3n) is 5.28. The van der Waals surface area contributed by atoms with Gasteiger partial charge in [-0.25, -0.2) is 0 Å². The van der Waals surface area contributed by atoms with Gasteiger partial charge in [0.05, 0.1) is 6.54 Å². The van der Waals surface area contributed by atoms with Crippen LogP contribution in [0.25, 0.3) is 11.0 Å². The van der Waals surface area contributed by atoms with Crippen molar-refractivity contribution in [2.75, 3.05) is 6.54 Å². The van der Waals surface area contributed by atoms with E-state index in [1.54, 1.807) is 23.1 Å². The van der Waals surface area contributed by atoms with E-state index in [0.29, 0.717) is 18.1 Å². The fourth-order valence-electron chi connectivity index (χ4n) is 3.87. The van der Waals surface area contributed by atoms with Crippen molar-refractivity contribution in [3.8, 4) is 12.3 Å². The lowest BCUT2D eigenvalue weighted by Gasteiger charge is -2.32. The summed E-state index contributed by atoms with van der Waals surface area (Å²) in [5.74, 6) is 3.57. The number of aromatic nitrogens is 2. The van der Waals surface area contributed by atoms with Crippen molar-refractivity contribution in [1.29, 1.82) is 0 Å². The highest BCUT2D eigenvalue weighted by Gasteiger charge is 2.30. The average molecular weight is 426 g/mol. The topological polar surface area (TPSA) is 59.2 Å². The van der Waals surface area contributed by atoms with Crippen LogP contribution in [0.15, 0.2) is 33.0 Å².